The van der Waals surface area contributed by atoms with Gasteiger partial charge in [0.25, 0.3) is 15.0 Å². The molecule has 1 aliphatic rings. The molecule has 1 amide bonds. The lowest BCUT2D eigenvalue weighted by molar-refractivity contribution is 0.0787. The van der Waals surface area contributed by atoms with Crippen molar-refractivity contribution >= 4 is 53.2 Å². The fourth-order valence-corrected chi connectivity index (χ4v) is 4.75. The van der Waals surface area contributed by atoms with Crippen molar-refractivity contribution in [3.63, 3.8) is 0 Å². The van der Waals surface area contributed by atoms with Crippen LogP contribution in [0.15, 0.2) is 21.5 Å². The van der Waals surface area contributed by atoms with E-state index in [1.165, 1.54) is 12.1 Å². The second-order valence-corrected chi connectivity index (χ2v) is 9.15. The molecule has 1 saturated carbocycles. The molecule has 1 aromatic carbocycles. The van der Waals surface area contributed by atoms with Crippen molar-refractivity contribution in [1.82, 2.24) is 4.90 Å². The van der Waals surface area contributed by atoms with E-state index in [2.05, 4.69) is 22.9 Å². The maximum absolute atomic E-state index is 12.4. The van der Waals surface area contributed by atoms with Gasteiger partial charge in [-0.1, -0.05) is 18.5 Å². The van der Waals surface area contributed by atoms with Gasteiger partial charge in [0.1, 0.15) is 0 Å². The first kappa shape index (κ1) is 17.1. The number of hydrogen-bond acceptors (Lipinski definition) is 3. The minimum Gasteiger partial charge on any atom is -0.341 e. The van der Waals surface area contributed by atoms with E-state index in [0.717, 1.165) is 6.42 Å². The Hall–Kier alpha value is -0.300. The standard InChI is InChI=1S/C13H14BrCl2NO3S/c1-7-3-8(7)6-17(2)13(18)9-4-12(21(16,19)20)10(14)5-11(9)15/h4-5,7-8H,3,6H2,1-2H3. The van der Waals surface area contributed by atoms with E-state index in [1.54, 1.807) is 11.9 Å². The Kier molecular flexibility index (Phi) is 4.93. The summed E-state index contributed by atoms with van der Waals surface area (Å²) >= 11 is 9.14. The zero-order valence-corrected chi connectivity index (χ0v) is 15.4. The molecule has 0 spiro atoms. The molecule has 8 heteroatoms. The predicted octanol–water partition coefficient (Wildman–Crippen LogP) is 3.76. The number of hydrogen-bond donors (Lipinski definition) is 0. The van der Waals surface area contributed by atoms with Crippen molar-refractivity contribution in [3.8, 4) is 0 Å². The molecule has 4 nitrogen and oxygen atoms in total. The molecule has 2 unspecified atom stereocenters. The number of carbonyl (C=O) groups is 1. The van der Waals surface area contributed by atoms with Crippen molar-refractivity contribution in [2.75, 3.05) is 13.6 Å². The molecule has 0 radical (unpaired) electrons. The van der Waals surface area contributed by atoms with Crippen LogP contribution in [0.4, 0.5) is 0 Å². The summed E-state index contributed by atoms with van der Waals surface area (Å²) in [5.41, 5.74) is 0.134. The monoisotopic (exact) mass is 413 g/mol. The van der Waals surface area contributed by atoms with Crippen LogP contribution in [-0.2, 0) is 9.05 Å². The third-order valence-corrected chi connectivity index (χ3v) is 6.24. The molecule has 0 heterocycles. The van der Waals surface area contributed by atoms with Crippen LogP contribution >= 0.6 is 38.2 Å². The quantitative estimate of drug-likeness (QED) is 0.704. The molecule has 0 aliphatic heterocycles. The molecule has 0 bridgehead atoms. The van der Waals surface area contributed by atoms with Crippen molar-refractivity contribution in [3.05, 3.63) is 27.2 Å². The molecule has 1 aliphatic carbocycles. The minimum absolute atomic E-state index is 0.134. The molecule has 0 aromatic heterocycles. The van der Waals surface area contributed by atoms with Crippen LogP contribution in [0.5, 0.6) is 0 Å². The summed E-state index contributed by atoms with van der Waals surface area (Å²) in [5.74, 6) is 0.817. The van der Waals surface area contributed by atoms with Gasteiger partial charge in [-0.05, 0) is 46.3 Å². The van der Waals surface area contributed by atoms with Gasteiger partial charge in [-0.25, -0.2) is 8.42 Å². The maximum atomic E-state index is 12.4. The van der Waals surface area contributed by atoms with Gasteiger partial charge in [-0.2, -0.15) is 0 Å². The number of amides is 1. The Morgan fingerprint density at radius 1 is 1.48 bits per heavy atom. The summed E-state index contributed by atoms with van der Waals surface area (Å²) in [4.78, 5) is 13.8. The summed E-state index contributed by atoms with van der Waals surface area (Å²) in [5, 5.41) is 0.187. The number of nitrogens with zero attached hydrogens (tertiary/aromatic N) is 1. The molecule has 0 N–H and O–H groups in total. The topological polar surface area (TPSA) is 54.5 Å². The summed E-state index contributed by atoms with van der Waals surface area (Å²) in [6, 6.07) is 2.58. The van der Waals surface area contributed by atoms with Crippen molar-refractivity contribution in [1.29, 1.82) is 0 Å². The van der Waals surface area contributed by atoms with E-state index >= 15 is 0 Å². The Labute approximate surface area is 142 Å². The van der Waals surface area contributed by atoms with Crippen LogP contribution in [0.1, 0.15) is 23.7 Å². The van der Waals surface area contributed by atoms with E-state index in [4.69, 9.17) is 22.3 Å². The smallest absolute Gasteiger partial charge is 0.262 e. The van der Waals surface area contributed by atoms with Gasteiger partial charge < -0.3 is 4.90 Å². The molecule has 1 aromatic rings. The summed E-state index contributed by atoms with van der Waals surface area (Å²) in [7, 11) is 3.09. The SMILES string of the molecule is CC1CC1CN(C)C(=O)c1cc(S(=O)(=O)Cl)c(Br)cc1Cl. The molecule has 116 valence electrons. The molecule has 1 fully saturated rings. The summed E-state index contributed by atoms with van der Waals surface area (Å²) in [6.07, 6.45) is 1.10. The van der Waals surface area contributed by atoms with Crippen LogP contribution in [-0.4, -0.2) is 32.8 Å². The van der Waals surface area contributed by atoms with Gasteiger partial charge in [0, 0.05) is 28.7 Å². The predicted molar refractivity (Wildman–Crippen MR) is 86.4 cm³/mol. The van der Waals surface area contributed by atoms with Gasteiger partial charge in [-0.3, -0.25) is 4.79 Å². The maximum Gasteiger partial charge on any atom is 0.262 e. The average molecular weight is 415 g/mol. The Bertz CT molecular complexity index is 693. The van der Waals surface area contributed by atoms with Crippen LogP contribution in [0.3, 0.4) is 0 Å². The highest BCUT2D eigenvalue weighted by Gasteiger charge is 2.34. The van der Waals surface area contributed by atoms with E-state index < -0.39 is 9.05 Å². The van der Waals surface area contributed by atoms with E-state index in [9.17, 15) is 13.2 Å². The molecule has 21 heavy (non-hydrogen) atoms. The van der Waals surface area contributed by atoms with Crippen molar-refractivity contribution in [2.45, 2.75) is 18.2 Å². The largest absolute Gasteiger partial charge is 0.341 e. The Balaban J connectivity index is 2.32. The average Bonchev–Trinajstić information content (AvgIpc) is 3.02. The van der Waals surface area contributed by atoms with Gasteiger partial charge in [-0.15, -0.1) is 0 Å². The number of benzene rings is 1. The third kappa shape index (κ3) is 3.92. The molecular formula is C13H14BrCl2NO3S. The first-order chi connectivity index (χ1) is 9.61. The van der Waals surface area contributed by atoms with Crippen LogP contribution in [0.25, 0.3) is 0 Å². The van der Waals surface area contributed by atoms with E-state index in [0.29, 0.717) is 18.4 Å². The first-order valence-electron chi connectivity index (χ1n) is 6.30. The van der Waals surface area contributed by atoms with Gasteiger partial charge in [0.2, 0.25) is 0 Å². The fourth-order valence-electron chi connectivity index (χ4n) is 2.17. The summed E-state index contributed by atoms with van der Waals surface area (Å²) < 4.78 is 23.2. The van der Waals surface area contributed by atoms with E-state index in [1.807, 2.05) is 0 Å². The Morgan fingerprint density at radius 2 is 2.05 bits per heavy atom. The lowest BCUT2D eigenvalue weighted by atomic mass is 10.2. The highest BCUT2D eigenvalue weighted by Crippen LogP contribution is 2.38. The van der Waals surface area contributed by atoms with E-state index in [-0.39, 0.29) is 25.9 Å². The second kappa shape index (κ2) is 6.07. The van der Waals surface area contributed by atoms with Crippen LogP contribution in [0, 0.1) is 11.8 Å². The number of halogens is 3. The lowest BCUT2D eigenvalue weighted by Gasteiger charge is -2.18. The number of rotatable bonds is 4. The molecule has 2 atom stereocenters. The van der Waals surface area contributed by atoms with Crippen LogP contribution < -0.4 is 0 Å². The van der Waals surface area contributed by atoms with Crippen LogP contribution in [0.2, 0.25) is 5.02 Å². The highest BCUT2D eigenvalue weighted by atomic mass is 79.9. The van der Waals surface area contributed by atoms with Crippen molar-refractivity contribution in [2.24, 2.45) is 11.8 Å². The zero-order chi connectivity index (χ0) is 15.9. The lowest BCUT2D eigenvalue weighted by Crippen LogP contribution is -2.29. The normalized spacial score (nSPS) is 21.2. The first-order valence-corrected chi connectivity index (χ1v) is 9.78. The van der Waals surface area contributed by atoms with Gasteiger partial charge in [0.15, 0.2) is 0 Å². The second-order valence-electron chi connectivity index (χ2n) is 5.36. The number of carbonyl (C=O) groups excluding carboxylic acids is 1. The van der Waals surface area contributed by atoms with Crippen molar-refractivity contribution < 1.29 is 13.2 Å². The minimum atomic E-state index is -3.96. The summed E-state index contributed by atoms with van der Waals surface area (Å²) in [6.45, 7) is 2.77. The third-order valence-electron chi connectivity index (χ3n) is 3.65. The zero-order valence-electron chi connectivity index (χ0n) is 11.4. The van der Waals surface area contributed by atoms with Gasteiger partial charge >= 0.3 is 0 Å². The molecule has 2 rings (SSSR count). The molecule has 0 saturated heterocycles. The van der Waals surface area contributed by atoms with Gasteiger partial charge in [0.05, 0.1) is 15.5 Å². The fraction of sp³-hybridized carbons (Fsp3) is 0.462. The molecular weight excluding hydrogens is 401 g/mol. The highest BCUT2D eigenvalue weighted by molar-refractivity contribution is 9.10. The Morgan fingerprint density at radius 3 is 2.52 bits per heavy atom.